The molecule has 198 valence electrons. The second-order valence-corrected chi connectivity index (χ2v) is 12.4. The maximum absolute atomic E-state index is 13.9. The van der Waals surface area contributed by atoms with Gasteiger partial charge in [-0.15, -0.1) is 0 Å². The van der Waals surface area contributed by atoms with E-state index in [2.05, 4.69) is 46.5 Å². The summed E-state index contributed by atoms with van der Waals surface area (Å²) in [4.78, 5) is 31.7. The minimum Gasteiger partial charge on any atom is -0.508 e. The van der Waals surface area contributed by atoms with E-state index in [1.54, 1.807) is 25.4 Å². The molecular formula is C30H38IN3O3. The van der Waals surface area contributed by atoms with Crippen LogP contribution in [0.1, 0.15) is 79.8 Å². The first-order chi connectivity index (χ1) is 17.9. The van der Waals surface area contributed by atoms with E-state index in [1.165, 1.54) is 35.0 Å². The second kappa shape index (κ2) is 9.40. The predicted octanol–water partition coefficient (Wildman–Crippen LogP) is 5.00. The smallest absolute Gasteiger partial charge is 0.263 e. The van der Waals surface area contributed by atoms with Gasteiger partial charge in [-0.2, -0.15) is 0 Å². The first kappa shape index (κ1) is 25.4. The summed E-state index contributed by atoms with van der Waals surface area (Å²) in [6, 6.07) is 10.2. The van der Waals surface area contributed by atoms with Crippen LogP contribution in [0.5, 0.6) is 5.75 Å². The number of rotatable bonds is 6. The summed E-state index contributed by atoms with van der Waals surface area (Å²) in [5.74, 6) is 0.515. The van der Waals surface area contributed by atoms with Crippen LogP contribution in [0.25, 0.3) is 0 Å². The van der Waals surface area contributed by atoms with Crippen molar-refractivity contribution in [2.24, 2.45) is 13.0 Å². The summed E-state index contributed by atoms with van der Waals surface area (Å²) >= 11 is 2.46. The number of amides is 1. The Labute approximate surface area is 233 Å². The molecule has 2 heterocycles. The number of aromatic hydroxyl groups is 1. The predicted molar refractivity (Wildman–Crippen MR) is 153 cm³/mol. The number of carbonyl (C=O) groups excluding carboxylic acids is 1. The fraction of sp³-hybridized carbons (Fsp3) is 0.600. The summed E-state index contributed by atoms with van der Waals surface area (Å²) in [6.07, 6.45) is 11.0. The number of nitrogens with zero attached hydrogens (tertiary/aromatic N) is 3. The molecule has 2 aromatic rings. The molecule has 1 aromatic heterocycles. The lowest BCUT2D eigenvalue weighted by Crippen LogP contribution is -2.64. The average Bonchev–Trinajstić information content (AvgIpc) is 3.28. The van der Waals surface area contributed by atoms with Crippen LogP contribution in [0.3, 0.4) is 0 Å². The molecule has 3 unspecified atom stereocenters. The molecule has 4 atom stereocenters. The first-order valence-electron chi connectivity index (χ1n) is 14.0. The molecule has 1 N–H and O–H groups in total. The normalized spacial score (nSPS) is 31.2. The van der Waals surface area contributed by atoms with Gasteiger partial charge < -0.3 is 14.6 Å². The van der Waals surface area contributed by atoms with E-state index < -0.39 is 0 Å². The van der Waals surface area contributed by atoms with Gasteiger partial charge in [-0.05, 0) is 99.7 Å². The van der Waals surface area contributed by atoms with Gasteiger partial charge in [0.25, 0.3) is 11.5 Å². The molecule has 0 spiro atoms. The zero-order valence-corrected chi connectivity index (χ0v) is 24.1. The number of aryl methyl sites for hydroxylation is 1. The SMILES string of the molecule is CCN(C(=O)c1cccn(C)c1=O)C1CCC23CCC1[C@]2(c1cc(O)ccc1CI)CCN3C1CCC1. The minimum atomic E-state index is -0.227. The number of aromatic nitrogens is 1. The fourth-order valence-electron chi connectivity index (χ4n) is 8.87. The van der Waals surface area contributed by atoms with E-state index in [4.69, 9.17) is 0 Å². The Morgan fingerprint density at radius 1 is 1.16 bits per heavy atom. The summed E-state index contributed by atoms with van der Waals surface area (Å²) in [5.41, 5.74) is 2.68. The molecule has 1 amide bonds. The van der Waals surface area contributed by atoms with Gasteiger partial charge in [0.05, 0.1) is 0 Å². The van der Waals surface area contributed by atoms with Crippen LogP contribution < -0.4 is 5.56 Å². The standard InChI is InChI=1S/C30H38IN3O3/c1-3-33(28(37)23-8-5-16-32(2)27(23)36)26-12-14-29-13-11-24(26)30(29,15-17-34(29)21-6-4-7-21)25-18-22(35)10-9-20(25)19-31/h5,8-10,16,18,21,24,26,35H,3-4,6-7,11-15,17,19H2,1-2H3/t24?,26?,29?,30-/m0/s1. The van der Waals surface area contributed by atoms with Gasteiger partial charge in [0.15, 0.2) is 0 Å². The van der Waals surface area contributed by atoms with Gasteiger partial charge in [-0.1, -0.05) is 35.1 Å². The highest BCUT2D eigenvalue weighted by Gasteiger charge is 2.71. The van der Waals surface area contributed by atoms with Crippen molar-refractivity contribution in [3.8, 4) is 5.75 Å². The summed E-state index contributed by atoms with van der Waals surface area (Å²) in [6.45, 7) is 3.74. The molecule has 7 heteroatoms. The summed E-state index contributed by atoms with van der Waals surface area (Å²) in [7, 11) is 1.71. The van der Waals surface area contributed by atoms with Gasteiger partial charge >= 0.3 is 0 Å². The molecule has 3 aliphatic carbocycles. The second-order valence-electron chi connectivity index (χ2n) is 11.7. The summed E-state index contributed by atoms with van der Waals surface area (Å²) in [5, 5.41) is 10.7. The number of phenols is 1. The van der Waals surface area contributed by atoms with Crippen molar-refractivity contribution < 1.29 is 9.90 Å². The minimum absolute atomic E-state index is 0.0832. The number of halogens is 1. The van der Waals surface area contributed by atoms with Crippen LogP contribution in [0.4, 0.5) is 0 Å². The lowest BCUT2D eigenvalue weighted by molar-refractivity contribution is -0.0260. The number of likely N-dealkylation sites (tertiary alicyclic amines) is 1. The third-order valence-electron chi connectivity index (χ3n) is 10.5. The maximum atomic E-state index is 13.9. The molecule has 2 bridgehead atoms. The molecule has 4 aliphatic rings. The fourth-order valence-corrected chi connectivity index (χ4v) is 9.53. The van der Waals surface area contributed by atoms with Gasteiger partial charge in [0.2, 0.25) is 0 Å². The van der Waals surface area contributed by atoms with Gasteiger partial charge in [0, 0.05) is 47.3 Å². The zero-order valence-electron chi connectivity index (χ0n) is 22.0. The number of alkyl halides is 1. The molecule has 6 nitrogen and oxygen atoms in total. The van der Waals surface area contributed by atoms with E-state index in [1.807, 2.05) is 11.0 Å². The van der Waals surface area contributed by atoms with Crippen LogP contribution in [0, 0.1) is 5.92 Å². The number of benzene rings is 1. The Balaban J connectivity index is 1.47. The highest BCUT2D eigenvalue weighted by atomic mass is 127. The van der Waals surface area contributed by atoms with Crippen molar-refractivity contribution in [1.82, 2.24) is 14.4 Å². The molecule has 3 saturated carbocycles. The lowest BCUT2D eigenvalue weighted by atomic mass is 9.55. The van der Waals surface area contributed by atoms with Crippen LogP contribution in [0.2, 0.25) is 0 Å². The number of hydrogen-bond donors (Lipinski definition) is 1. The molecule has 4 fully saturated rings. The third-order valence-corrected chi connectivity index (χ3v) is 11.4. The van der Waals surface area contributed by atoms with Crippen LogP contribution >= 0.6 is 22.6 Å². The Kier molecular flexibility index (Phi) is 6.46. The van der Waals surface area contributed by atoms with E-state index in [-0.39, 0.29) is 34.0 Å². The maximum Gasteiger partial charge on any atom is 0.263 e. The summed E-state index contributed by atoms with van der Waals surface area (Å²) < 4.78 is 2.40. The molecule has 1 saturated heterocycles. The zero-order chi connectivity index (χ0) is 25.9. The Bertz CT molecular complexity index is 1270. The van der Waals surface area contributed by atoms with Gasteiger partial charge in [-0.3, -0.25) is 14.5 Å². The number of carbonyl (C=O) groups is 1. The van der Waals surface area contributed by atoms with Crippen LogP contribution in [-0.4, -0.2) is 56.1 Å². The Hall–Kier alpha value is -1.87. The van der Waals surface area contributed by atoms with E-state index in [9.17, 15) is 14.7 Å². The van der Waals surface area contributed by atoms with Crippen LogP contribution in [0.15, 0.2) is 41.3 Å². The van der Waals surface area contributed by atoms with Gasteiger partial charge in [0.1, 0.15) is 11.3 Å². The highest BCUT2D eigenvalue weighted by molar-refractivity contribution is 14.1. The quantitative estimate of drug-likeness (QED) is 0.368. The molecule has 37 heavy (non-hydrogen) atoms. The van der Waals surface area contributed by atoms with E-state index in [0.717, 1.165) is 43.1 Å². The highest BCUT2D eigenvalue weighted by Crippen LogP contribution is 2.68. The molecule has 0 radical (unpaired) electrons. The largest absolute Gasteiger partial charge is 0.508 e. The number of phenolic OH excluding ortho intramolecular Hbond substituents is 1. The number of hydrogen-bond acceptors (Lipinski definition) is 4. The monoisotopic (exact) mass is 615 g/mol. The molecule has 1 aromatic carbocycles. The third kappa shape index (κ3) is 3.51. The Morgan fingerprint density at radius 2 is 1.95 bits per heavy atom. The average molecular weight is 616 g/mol. The van der Waals surface area contributed by atoms with Crippen LogP contribution in [-0.2, 0) is 16.9 Å². The van der Waals surface area contributed by atoms with Crippen molar-refractivity contribution in [3.63, 3.8) is 0 Å². The van der Waals surface area contributed by atoms with E-state index >= 15 is 0 Å². The number of pyridine rings is 1. The van der Waals surface area contributed by atoms with E-state index in [0.29, 0.717) is 24.3 Å². The lowest BCUT2D eigenvalue weighted by Gasteiger charge is -2.57. The van der Waals surface area contributed by atoms with Crippen molar-refractivity contribution >= 4 is 28.5 Å². The Morgan fingerprint density at radius 3 is 2.65 bits per heavy atom. The van der Waals surface area contributed by atoms with Crippen molar-refractivity contribution in [1.29, 1.82) is 0 Å². The van der Waals surface area contributed by atoms with Crippen molar-refractivity contribution in [2.75, 3.05) is 13.1 Å². The first-order valence-corrected chi connectivity index (χ1v) is 15.5. The molecule has 6 rings (SSSR count). The topological polar surface area (TPSA) is 65.8 Å². The van der Waals surface area contributed by atoms with Crippen molar-refractivity contribution in [3.05, 3.63) is 63.6 Å². The molecule has 1 aliphatic heterocycles. The van der Waals surface area contributed by atoms with Gasteiger partial charge in [-0.25, -0.2) is 0 Å². The van der Waals surface area contributed by atoms with Crippen molar-refractivity contribution in [2.45, 2.75) is 85.8 Å². The molecular weight excluding hydrogens is 577 g/mol.